The van der Waals surface area contributed by atoms with Gasteiger partial charge in [0, 0.05) is 69.9 Å². The Morgan fingerprint density at radius 2 is 0.845 bits per heavy atom. The molecule has 0 N–H and O–H groups in total. The molecule has 9 aromatic carbocycles. The molecule has 3 heterocycles. The van der Waals surface area contributed by atoms with Crippen molar-refractivity contribution in [3.63, 3.8) is 0 Å². The molecule has 0 amide bonds. The van der Waals surface area contributed by atoms with Gasteiger partial charge in [0.1, 0.15) is 22.3 Å². The van der Waals surface area contributed by atoms with Gasteiger partial charge in [-0.05, 0) is 82.9 Å². The summed E-state index contributed by atoms with van der Waals surface area (Å²) < 4.78 is 15.5. The lowest BCUT2D eigenvalue weighted by Gasteiger charge is -2.26. The average molecular weight is 760 g/mol. The van der Waals surface area contributed by atoms with Crippen molar-refractivity contribution in [2.75, 3.05) is 4.90 Å². The van der Waals surface area contributed by atoms with Crippen LogP contribution in [0.4, 0.5) is 17.1 Å². The Morgan fingerprint density at radius 3 is 1.59 bits per heavy atom. The van der Waals surface area contributed by atoms with Crippen LogP contribution in [0.25, 0.3) is 97.4 Å². The first-order valence-electron chi connectivity index (χ1n) is 19.6. The van der Waals surface area contributed by atoms with E-state index < -0.39 is 0 Å². The smallest absolute Gasteiger partial charge is 0.143 e. The molecule has 272 valence electrons. The molecule has 0 aliphatic rings. The van der Waals surface area contributed by atoms with Crippen molar-refractivity contribution in [2.24, 2.45) is 0 Å². The Hall–Kier alpha value is -7.40. The van der Waals surface area contributed by atoms with E-state index in [4.69, 9.17) is 8.83 Å². The molecule has 0 radical (unpaired) electrons. The van der Waals surface area contributed by atoms with Gasteiger partial charge in [-0.2, -0.15) is 0 Å². The second-order valence-electron chi connectivity index (χ2n) is 14.8. The molecule has 12 aromatic rings. The van der Waals surface area contributed by atoms with Gasteiger partial charge in [-0.25, -0.2) is 0 Å². The van der Waals surface area contributed by atoms with E-state index in [2.05, 4.69) is 187 Å². The summed E-state index contributed by atoms with van der Waals surface area (Å²) in [6, 6.07) is 71.4. The first-order valence-corrected chi connectivity index (χ1v) is 20.4. The lowest BCUT2D eigenvalue weighted by molar-refractivity contribution is 0.669. The number of para-hydroxylation sites is 3. The molecule has 0 saturated carbocycles. The molecule has 0 unspecified atom stereocenters. The number of nitrogens with zero attached hydrogens (tertiary/aromatic N) is 1. The molecule has 12 rings (SSSR count). The Bertz CT molecular complexity index is 3500. The molecule has 0 bridgehead atoms. The van der Waals surface area contributed by atoms with E-state index in [1.807, 2.05) is 29.5 Å². The van der Waals surface area contributed by atoms with Crippen LogP contribution in [-0.4, -0.2) is 0 Å². The van der Waals surface area contributed by atoms with Gasteiger partial charge in [0.05, 0.1) is 0 Å². The molecule has 58 heavy (non-hydrogen) atoms. The van der Waals surface area contributed by atoms with Gasteiger partial charge in [0.25, 0.3) is 0 Å². The Kier molecular flexibility index (Phi) is 7.40. The number of hydrogen-bond donors (Lipinski definition) is 0. The van der Waals surface area contributed by atoms with Crippen LogP contribution >= 0.6 is 11.3 Å². The van der Waals surface area contributed by atoms with Crippen LogP contribution in [-0.2, 0) is 0 Å². The summed E-state index contributed by atoms with van der Waals surface area (Å²) in [5, 5.41) is 7.09. The number of anilines is 3. The Labute approximate surface area is 338 Å². The zero-order valence-electron chi connectivity index (χ0n) is 31.2. The molecular weight excluding hydrogens is 727 g/mol. The summed E-state index contributed by atoms with van der Waals surface area (Å²) in [5.74, 6) is 0. The number of rotatable bonds is 6. The first-order chi connectivity index (χ1) is 28.7. The Morgan fingerprint density at radius 1 is 0.310 bits per heavy atom. The van der Waals surface area contributed by atoms with E-state index in [0.29, 0.717) is 0 Å². The number of furan rings is 2. The molecule has 3 aromatic heterocycles. The summed E-state index contributed by atoms with van der Waals surface area (Å²) in [6.45, 7) is 0. The SMILES string of the molecule is c1ccc(-c2cccc3c2oc2ccc(-c4ccc(N(c5ccc(-c6cccc7c6oc6ccccc67)cc5)c5ccc6c(c5)sc5ccccc56)cc4)cc23)cc1. The van der Waals surface area contributed by atoms with Crippen LogP contribution in [0.3, 0.4) is 0 Å². The van der Waals surface area contributed by atoms with Crippen LogP contribution < -0.4 is 4.90 Å². The van der Waals surface area contributed by atoms with E-state index in [1.165, 1.54) is 20.2 Å². The summed E-state index contributed by atoms with van der Waals surface area (Å²) >= 11 is 1.84. The molecule has 0 aliphatic carbocycles. The van der Waals surface area contributed by atoms with E-state index >= 15 is 0 Å². The average Bonchev–Trinajstić information content (AvgIpc) is 3.98. The highest BCUT2D eigenvalue weighted by Crippen LogP contribution is 2.43. The zero-order chi connectivity index (χ0) is 38.2. The highest BCUT2D eigenvalue weighted by atomic mass is 32.1. The molecule has 0 atom stereocenters. The number of thiophene rings is 1. The lowest BCUT2D eigenvalue weighted by Crippen LogP contribution is -2.09. The van der Waals surface area contributed by atoms with E-state index in [0.717, 1.165) is 94.3 Å². The summed E-state index contributed by atoms with van der Waals surface area (Å²) in [4.78, 5) is 2.36. The largest absolute Gasteiger partial charge is 0.455 e. The lowest BCUT2D eigenvalue weighted by atomic mass is 10.00. The topological polar surface area (TPSA) is 29.5 Å². The molecular formula is C54H33NO2S. The predicted molar refractivity (Wildman–Crippen MR) is 245 cm³/mol. The van der Waals surface area contributed by atoms with Crippen LogP contribution in [0, 0.1) is 0 Å². The number of fused-ring (bicyclic) bond motifs is 9. The molecule has 3 nitrogen and oxygen atoms in total. The highest BCUT2D eigenvalue weighted by molar-refractivity contribution is 7.25. The highest BCUT2D eigenvalue weighted by Gasteiger charge is 2.18. The Balaban J connectivity index is 0.947. The van der Waals surface area contributed by atoms with E-state index in [-0.39, 0.29) is 0 Å². The summed E-state index contributed by atoms with van der Waals surface area (Å²) in [6.07, 6.45) is 0. The van der Waals surface area contributed by atoms with Gasteiger partial charge < -0.3 is 13.7 Å². The first kappa shape index (κ1) is 32.8. The molecule has 0 spiro atoms. The molecule has 0 aliphatic heterocycles. The van der Waals surface area contributed by atoms with Crippen molar-refractivity contribution in [3.8, 4) is 33.4 Å². The number of benzene rings is 9. The van der Waals surface area contributed by atoms with Gasteiger partial charge in [-0.15, -0.1) is 11.3 Å². The fraction of sp³-hybridized carbons (Fsp3) is 0. The second kappa shape index (κ2) is 13.1. The quantitative estimate of drug-likeness (QED) is 0.169. The third-order valence-corrected chi connectivity index (χ3v) is 12.6. The standard InChI is InChI=1S/C54H33NO2S/c1-2-10-35(11-3-1)41-14-9-17-47-48-32-37(24-31-50(48)57-54(41)47)34-20-25-38(26-21-34)55(40-29-30-45-44-13-5-7-19-51(44)58-52(45)33-40)39-27-22-36(23-28-39)42-15-8-16-46-43-12-4-6-18-49(43)56-53(42)46/h1-33H. The third-order valence-electron chi connectivity index (χ3n) is 11.5. The van der Waals surface area contributed by atoms with Crippen LogP contribution in [0.5, 0.6) is 0 Å². The third kappa shape index (κ3) is 5.27. The minimum absolute atomic E-state index is 0.890. The zero-order valence-corrected chi connectivity index (χ0v) is 32.0. The van der Waals surface area contributed by atoms with Crippen molar-refractivity contribution < 1.29 is 8.83 Å². The second-order valence-corrected chi connectivity index (χ2v) is 15.9. The van der Waals surface area contributed by atoms with Crippen LogP contribution in [0.15, 0.2) is 209 Å². The summed E-state index contributed by atoms with van der Waals surface area (Å²) in [7, 11) is 0. The summed E-state index contributed by atoms with van der Waals surface area (Å²) in [5.41, 5.74) is 13.6. The molecule has 0 saturated heterocycles. The van der Waals surface area contributed by atoms with Crippen molar-refractivity contribution in [1.82, 2.24) is 0 Å². The van der Waals surface area contributed by atoms with E-state index in [1.54, 1.807) is 0 Å². The van der Waals surface area contributed by atoms with Gasteiger partial charge in [0.15, 0.2) is 0 Å². The van der Waals surface area contributed by atoms with Crippen molar-refractivity contribution >= 4 is 92.4 Å². The fourth-order valence-electron chi connectivity index (χ4n) is 8.69. The van der Waals surface area contributed by atoms with Crippen LogP contribution in [0.1, 0.15) is 0 Å². The molecule has 4 heteroatoms. The number of hydrogen-bond acceptors (Lipinski definition) is 4. The maximum atomic E-state index is 6.49. The van der Waals surface area contributed by atoms with Crippen molar-refractivity contribution in [2.45, 2.75) is 0 Å². The normalized spacial score (nSPS) is 11.8. The minimum Gasteiger partial charge on any atom is -0.455 e. The monoisotopic (exact) mass is 759 g/mol. The molecule has 0 fully saturated rings. The maximum absolute atomic E-state index is 6.49. The van der Waals surface area contributed by atoms with E-state index in [9.17, 15) is 0 Å². The van der Waals surface area contributed by atoms with Crippen molar-refractivity contribution in [3.05, 3.63) is 200 Å². The fourth-order valence-corrected chi connectivity index (χ4v) is 9.83. The minimum atomic E-state index is 0.890. The van der Waals surface area contributed by atoms with Crippen LogP contribution in [0.2, 0.25) is 0 Å². The van der Waals surface area contributed by atoms with Gasteiger partial charge in [-0.3, -0.25) is 0 Å². The predicted octanol–water partition coefficient (Wildman–Crippen LogP) is 16.3. The van der Waals surface area contributed by atoms with Crippen molar-refractivity contribution in [1.29, 1.82) is 0 Å². The maximum Gasteiger partial charge on any atom is 0.143 e. The van der Waals surface area contributed by atoms with Gasteiger partial charge in [-0.1, -0.05) is 140 Å². The van der Waals surface area contributed by atoms with Gasteiger partial charge >= 0.3 is 0 Å². The van der Waals surface area contributed by atoms with Gasteiger partial charge in [0.2, 0.25) is 0 Å².